The largest absolute Gasteiger partial charge is 0.349 e. The Hall–Kier alpha value is -1.41. The van der Waals surface area contributed by atoms with Crippen LogP contribution < -0.4 is 5.32 Å². The van der Waals surface area contributed by atoms with Crippen molar-refractivity contribution in [3.05, 3.63) is 17.5 Å². The summed E-state index contributed by atoms with van der Waals surface area (Å²) in [7, 11) is 1.14. The molecular formula is C19H32N4O3S. The summed E-state index contributed by atoms with van der Waals surface area (Å²) in [4.78, 5) is 15.0. The van der Waals surface area contributed by atoms with E-state index >= 15 is 0 Å². The van der Waals surface area contributed by atoms with E-state index in [1.165, 1.54) is 12.8 Å². The lowest BCUT2D eigenvalue weighted by molar-refractivity contribution is 0.0894. The molecule has 8 heteroatoms. The van der Waals surface area contributed by atoms with Gasteiger partial charge in [-0.2, -0.15) is 5.10 Å². The number of likely N-dealkylation sites (N-methyl/N-ethyl adjacent to an activating group) is 1. The van der Waals surface area contributed by atoms with Gasteiger partial charge in [-0.15, -0.1) is 0 Å². The van der Waals surface area contributed by atoms with Crippen LogP contribution in [0.3, 0.4) is 0 Å². The number of carbonyl (C=O) groups is 1. The fraction of sp³-hybridized carbons (Fsp3) is 0.789. The van der Waals surface area contributed by atoms with Crippen molar-refractivity contribution in [3.8, 4) is 0 Å². The summed E-state index contributed by atoms with van der Waals surface area (Å²) in [5.41, 5.74) is 1.33. The van der Waals surface area contributed by atoms with Crippen LogP contribution in [0.1, 0.15) is 74.1 Å². The summed E-state index contributed by atoms with van der Waals surface area (Å²) in [5.74, 6) is 0.302. The highest BCUT2D eigenvalue weighted by atomic mass is 32.2. The molecule has 1 aromatic rings. The van der Waals surface area contributed by atoms with Crippen LogP contribution in [0.4, 0.5) is 0 Å². The second kappa shape index (κ2) is 7.54. The number of aromatic nitrogens is 2. The molecule has 2 fully saturated rings. The Bertz CT molecular complexity index is 792. The third-order valence-corrected chi connectivity index (χ3v) is 7.95. The monoisotopic (exact) mass is 396 g/mol. The molecule has 3 rings (SSSR count). The Labute approximate surface area is 162 Å². The van der Waals surface area contributed by atoms with Gasteiger partial charge in [0.1, 0.15) is 5.69 Å². The van der Waals surface area contributed by atoms with Crippen molar-refractivity contribution in [2.45, 2.75) is 63.5 Å². The molecule has 1 atom stereocenters. The number of rotatable bonds is 6. The summed E-state index contributed by atoms with van der Waals surface area (Å²) in [5, 5.41) is 7.59. The molecule has 1 saturated carbocycles. The summed E-state index contributed by atoms with van der Waals surface area (Å²) in [6.07, 6.45) is 5.12. The van der Waals surface area contributed by atoms with Crippen LogP contribution >= 0.6 is 0 Å². The summed E-state index contributed by atoms with van der Waals surface area (Å²) < 4.78 is 25.5. The van der Waals surface area contributed by atoms with E-state index < -0.39 is 9.84 Å². The predicted octanol–water partition coefficient (Wildman–Crippen LogP) is 1.97. The molecule has 1 unspecified atom stereocenters. The Morgan fingerprint density at radius 2 is 2.04 bits per heavy atom. The normalized spacial score (nSPS) is 24.0. The van der Waals surface area contributed by atoms with Crippen molar-refractivity contribution >= 4 is 15.7 Å². The fourth-order valence-electron chi connectivity index (χ4n) is 4.36. The fourth-order valence-corrected chi connectivity index (χ4v) is 6.05. The predicted molar refractivity (Wildman–Crippen MR) is 106 cm³/mol. The van der Waals surface area contributed by atoms with Gasteiger partial charge in [0.2, 0.25) is 0 Å². The summed E-state index contributed by atoms with van der Waals surface area (Å²) >= 11 is 0. The highest BCUT2D eigenvalue weighted by molar-refractivity contribution is 7.91. The molecule has 0 spiro atoms. The van der Waals surface area contributed by atoms with E-state index in [0.29, 0.717) is 18.7 Å². The van der Waals surface area contributed by atoms with Gasteiger partial charge in [-0.25, -0.2) is 8.42 Å². The molecule has 1 aliphatic heterocycles. The molecule has 1 aliphatic carbocycles. The van der Waals surface area contributed by atoms with Crippen molar-refractivity contribution in [2.75, 3.05) is 32.1 Å². The average Bonchev–Trinajstić information content (AvgIpc) is 3.30. The van der Waals surface area contributed by atoms with E-state index in [9.17, 15) is 13.2 Å². The maximum Gasteiger partial charge on any atom is 0.271 e. The standard InChI is InChI=1S/C19H32N4O3S/c1-14(2)17-11-16(21-23(17)15-7-10-27(25,26)12-15)18(24)20-13-19(22(3)4)8-5-6-9-19/h11,14-15H,5-10,12-13H2,1-4H3,(H,20,24). The lowest BCUT2D eigenvalue weighted by Gasteiger charge is -2.36. The number of sulfone groups is 1. The molecular weight excluding hydrogens is 364 g/mol. The zero-order valence-electron chi connectivity index (χ0n) is 16.9. The maximum absolute atomic E-state index is 12.8. The number of hydrogen-bond acceptors (Lipinski definition) is 5. The van der Waals surface area contributed by atoms with Crippen molar-refractivity contribution in [2.24, 2.45) is 0 Å². The number of nitrogens with zero attached hydrogens (tertiary/aromatic N) is 3. The highest BCUT2D eigenvalue weighted by Crippen LogP contribution is 2.33. The minimum absolute atomic E-state index is 0.0264. The van der Waals surface area contributed by atoms with Crippen molar-refractivity contribution in [3.63, 3.8) is 0 Å². The van der Waals surface area contributed by atoms with Gasteiger partial charge in [-0.05, 0) is 45.3 Å². The van der Waals surface area contributed by atoms with E-state index in [-0.39, 0.29) is 34.9 Å². The molecule has 0 bridgehead atoms. The molecule has 27 heavy (non-hydrogen) atoms. The zero-order valence-corrected chi connectivity index (χ0v) is 17.7. The quantitative estimate of drug-likeness (QED) is 0.795. The highest BCUT2D eigenvalue weighted by Gasteiger charge is 2.37. The van der Waals surface area contributed by atoms with Gasteiger partial charge in [0.15, 0.2) is 9.84 Å². The van der Waals surface area contributed by atoms with Crippen LogP contribution in [-0.4, -0.2) is 66.7 Å². The van der Waals surface area contributed by atoms with Gasteiger partial charge in [-0.1, -0.05) is 26.7 Å². The Balaban J connectivity index is 1.76. The van der Waals surface area contributed by atoms with Crippen molar-refractivity contribution in [1.82, 2.24) is 20.0 Å². The van der Waals surface area contributed by atoms with Crippen LogP contribution in [0.2, 0.25) is 0 Å². The van der Waals surface area contributed by atoms with Gasteiger partial charge in [0.25, 0.3) is 5.91 Å². The van der Waals surface area contributed by atoms with Gasteiger partial charge in [0.05, 0.1) is 17.5 Å². The summed E-state index contributed by atoms with van der Waals surface area (Å²) in [6.45, 7) is 4.69. The molecule has 2 aliphatic rings. The molecule has 0 aromatic carbocycles. The first-order valence-corrected chi connectivity index (χ1v) is 11.7. The minimum atomic E-state index is -3.00. The number of nitrogens with one attached hydrogen (secondary N) is 1. The van der Waals surface area contributed by atoms with Crippen LogP contribution in [-0.2, 0) is 9.84 Å². The smallest absolute Gasteiger partial charge is 0.271 e. The third kappa shape index (κ3) is 4.21. The number of hydrogen-bond donors (Lipinski definition) is 1. The zero-order chi connectivity index (χ0) is 19.8. The van der Waals surface area contributed by atoms with Crippen LogP contribution in [0.25, 0.3) is 0 Å². The number of carbonyl (C=O) groups excluding carboxylic acids is 1. The maximum atomic E-state index is 12.8. The SMILES string of the molecule is CC(C)c1cc(C(=O)NCC2(N(C)C)CCCC2)nn1C1CCS(=O)(=O)C1. The van der Waals surface area contributed by atoms with Crippen LogP contribution in [0.15, 0.2) is 6.07 Å². The average molecular weight is 397 g/mol. The lowest BCUT2D eigenvalue weighted by atomic mass is 9.96. The second-order valence-corrected chi connectivity index (χ2v) is 10.8. The first-order chi connectivity index (χ1) is 12.6. The minimum Gasteiger partial charge on any atom is -0.349 e. The Morgan fingerprint density at radius 3 is 2.56 bits per heavy atom. The van der Waals surface area contributed by atoms with Crippen molar-refractivity contribution < 1.29 is 13.2 Å². The van der Waals surface area contributed by atoms with Crippen LogP contribution in [0.5, 0.6) is 0 Å². The molecule has 1 N–H and O–H groups in total. The lowest BCUT2D eigenvalue weighted by Crippen LogP contribution is -2.50. The van der Waals surface area contributed by atoms with Gasteiger partial charge < -0.3 is 10.2 Å². The Kier molecular flexibility index (Phi) is 5.68. The van der Waals surface area contributed by atoms with E-state index in [1.807, 2.05) is 19.9 Å². The molecule has 7 nitrogen and oxygen atoms in total. The Morgan fingerprint density at radius 1 is 1.37 bits per heavy atom. The van der Waals surface area contributed by atoms with E-state index in [4.69, 9.17) is 0 Å². The molecule has 1 saturated heterocycles. The molecule has 2 heterocycles. The number of amides is 1. The third-order valence-electron chi connectivity index (χ3n) is 6.20. The summed E-state index contributed by atoms with van der Waals surface area (Å²) in [6, 6.07) is 1.65. The van der Waals surface area contributed by atoms with Gasteiger partial charge in [0, 0.05) is 17.8 Å². The molecule has 1 aromatic heterocycles. The van der Waals surface area contributed by atoms with Gasteiger partial charge >= 0.3 is 0 Å². The van der Waals surface area contributed by atoms with Crippen molar-refractivity contribution in [1.29, 1.82) is 0 Å². The van der Waals surface area contributed by atoms with Crippen LogP contribution in [0, 0.1) is 0 Å². The van der Waals surface area contributed by atoms with E-state index in [2.05, 4.69) is 29.4 Å². The molecule has 0 radical (unpaired) electrons. The van der Waals surface area contributed by atoms with E-state index in [0.717, 1.165) is 18.5 Å². The molecule has 152 valence electrons. The van der Waals surface area contributed by atoms with Gasteiger partial charge in [-0.3, -0.25) is 9.48 Å². The van der Waals surface area contributed by atoms with E-state index in [1.54, 1.807) is 4.68 Å². The topological polar surface area (TPSA) is 84.3 Å². The first-order valence-electron chi connectivity index (χ1n) is 9.89. The molecule has 1 amide bonds. The first kappa shape index (κ1) is 20.3. The second-order valence-electron chi connectivity index (χ2n) is 8.62.